The highest BCUT2D eigenvalue weighted by atomic mass is 15.5. The van der Waals surface area contributed by atoms with Gasteiger partial charge in [0.05, 0.1) is 6.54 Å². The molecule has 2 aromatic carbocycles. The highest BCUT2D eigenvalue weighted by molar-refractivity contribution is 5.80. The van der Waals surface area contributed by atoms with Gasteiger partial charge in [-0.1, -0.05) is 61.9 Å². The van der Waals surface area contributed by atoms with Gasteiger partial charge in [0.25, 0.3) is 0 Å². The first-order chi connectivity index (χ1) is 17.2. The third-order valence-electron chi connectivity index (χ3n) is 7.15. The Morgan fingerprint density at radius 2 is 1.77 bits per heavy atom. The first-order valence-electron chi connectivity index (χ1n) is 12.8. The molecule has 1 saturated carbocycles. The number of tetrazole rings is 1. The molecule has 2 aromatic heterocycles. The van der Waals surface area contributed by atoms with Crippen molar-refractivity contribution in [2.24, 2.45) is 11.7 Å². The topological polar surface area (TPSA) is 111 Å². The lowest BCUT2D eigenvalue weighted by atomic mass is 9.81. The van der Waals surface area contributed by atoms with Gasteiger partial charge in [-0.25, -0.2) is 9.67 Å². The maximum atomic E-state index is 5.92. The molecule has 8 nitrogen and oxygen atoms in total. The molecule has 1 aliphatic carbocycles. The van der Waals surface area contributed by atoms with E-state index in [1.807, 2.05) is 18.2 Å². The summed E-state index contributed by atoms with van der Waals surface area (Å²) in [6.45, 7) is 3.74. The number of hydrogen-bond donors (Lipinski definition) is 2. The van der Waals surface area contributed by atoms with Crippen molar-refractivity contribution >= 4 is 0 Å². The Kier molecular flexibility index (Phi) is 7.28. The Hall–Kier alpha value is -3.39. The maximum Gasteiger partial charge on any atom is 0.205 e. The summed E-state index contributed by atoms with van der Waals surface area (Å²) in [5.74, 6) is 3.86. The summed E-state index contributed by atoms with van der Waals surface area (Å²) in [5.41, 5.74) is 10.3. The maximum absolute atomic E-state index is 5.92. The van der Waals surface area contributed by atoms with E-state index >= 15 is 0 Å². The van der Waals surface area contributed by atoms with Gasteiger partial charge < -0.3 is 5.73 Å². The monoisotopic (exact) mass is 470 g/mol. The van der Waals surface area contributed by atoms with Gasteiger partial charge in [-0.3, -0.25) is 0 Å². The lowest BCUT2D eigenvalue weighted by Crippen LogP contribution is -2.22. The van der Waals surface area contributed by atoms with E-state index in [-0.39, 0.29) is 0 Å². The van der Waals surface area contributed by atoms with E-state index < -0.39 is 0 Å². The van der Waals surface area contributed by atoms with Crippen molar-refractivity contribution in [2.75, 3.05) is 6.54 Å². The molecule has 5 rings (SSSR count). The zero-order valence-electron chi connectivity index (χ0n) is 20.4. The van der Waals surface area contributed by atoms with E-state index in [1.165, 1.54) is 18.4 Å². The summed E-state index contributed by atoms with van der Waals surface area (Å²) < 4.78 is 2.15. The van der Waals surface area contributed by atoms with E-state index in [0.717, 1.165) is 73.5 Å². The minimum atomic E-state index is 0.474. The molecule has 1 aliphatic rings. The third-order valence-corrected chi connectivity index (χ3v) is 7.15. The van der Waals surface area contributed by atoms with Crippen LogP contribution in [0.25, 0.3) is 22.5 Å². The summed E-state index contributed by atoms with van der Waals surface area (Å²) in [6.07, 6.45) is 7.90. The van der Waals surface area contributed by atoms with Gasteiger partial charge in [-0.15, -0.1) is 10.2 Å². The van der Waals surface area contributed by atoms with Gasteiger partial charge in [0.2, 0.25) is 5.82 Å². The van der Waals surface area contributed by atoms with Gasteiger partial charge in [0.15, 0.2) is 5.82 Å². The molecule has 0 unspecified atom stereocenters. The molecule has 4 aromatic rings. The molecule has 8 heteroatoms. The van der Waals surface area contributed by atoms with E-state index in [9.17, 15) is 0 Å². The van der Waals surface area contributed by atoms with Gasteiger partial charge in [0, 0.05) is 17.9 Å². The summed E-state index contributed by atoms with van der Waals surface area (Å²) in [6, 6.07) is 16.8. The molecule has 0 radical (unpaired) electrons. The Morgan fingerprint density at radius 3 is 2.46 bits per heavy atom. The Labute approximate surface area is 206 Å². The molecular weight excluding hydrogens is 436 g/mol. The minimum Gasteiger partial charge on any atom is -0.330 e. The van der Waals surface area contributed by atoms with Crippen molar-refractivity contribution in [3.63, 3.8) is 0 Å². The van der Waals surface area contributed by atoms with Gasteiger partial charge in [0.1, 0.15) is 5.82 Å². The van der Waals surface area contributed by atoms with Crippen LogP contribution in [-0.4, -0.2) is 41.9 Å². The molecule has 0 bridgehead atoms. The van der Waals surface area contributed by atoms with Crippen LogP contribution in [0.1, 0.15) is 68.6 Å². The van der Waals surface area contributed by atoms with E-state index in [2.05, 4.69) is 62.6 Å². The van der Waals surface area contributed by atoms with E-state index in [4.69, 9.17) is 15.8 Å². The number of rotatable bonds is 9. The smallest absolute Gasteiger partial charge is 0.205 e. The average Bonchev–Trinajstić information content (AvgIpc) is 3.59. The molecule has 3 N–H and O–H groups in total. The third kappa shape index (κ3) is 5.32. The molecule has 35 heavy (non-hydrogen) atoms. The molecule has 182 valence electrons. The van der Waals surface area contributed by atoms with Gasteiger partial charge in [-0.05, 0) is 66.5 Å². The summed E-state index contributed by atoms with van der Waals surface area (Å²) in [7, 11) is 0. The second kappa shape index (κ2) is 10.9. The number of nitrogens with two attached hydrogens (primary N) is 1. The number of nitrogens with zero attached hydrogens (tertiary/aromatic N) is 6. The van der Waals surface area contributed by atoms with Crippen molar-refractivity contribution in [3.8, 4) is 22.5 Å². The Morgan fingerprint density at radius 1 is 1.00 bits per heavy atom. The highest BCUT2D eigenvalue weighted by Gasteiger charge is 2.26. The predicted octanol–water partition coefficient (Wildman–Crippen LogP) is 4.75. The van der Waals surface area contributed by atoms with Crippen LogP contribution in [-0.2, 0) is 13.0 Å². The zero-order valence-corrected chi connectivity index (χ0v) is 20.4. The number of aromatic amines is 1. The molecule has 0 atom stereocenters. The molecule has 0 aliphatic heterocycles. The number of nitrogens with one attached hydrogen (secondary N) is 1. The molecular formula is C27H34N8. The second-order valence-electron chi connectivity index (χ2n) is 9.58. The quantitative estimate of drug-likeness (QED) is 0.365. The summed E-state index contributed by atoms with van der Waals surface area (Å²) in [4.78, 5) is 5.02. The minimum absolute atomic E-state index is 0.474. The van der Waals surface area contributed by atoms with Crippen LogP contribution in [0.4, 0.5) is 0 Å². The van der Waals surface area contributed by atoms with Crippen molar-refractivity contribution in [3.05, 3.63) is 65.7 Å². The standard InChI is InChI=1S/C27H34N8/c1-2-3-8-25-29-27(22-15-9-19(17-28)10-16-22)35(32-25)18-20-11-13-21(14-12-20)23-6-4-5-7-24(23)26-30-33-34-31-26/h4-7,11-14,19,22H,2-3,8-10,15-18,28H2,1H3,(H,30,31,33,34). The van der Waals surface area contributed by atoms with Crippen LogP contribution < -0.4 is 5.73 Å². The number of aryl methyl sites for hydroxylation is 1. The average molecular weight is 471 g/mol. The predicted molar refractivity (Wildman–Crippen MR) is 137 cm³/mol. The summed E-state index contributed by atoms with van der Waals surface area (Å²) >= 11 is 0. The normalized spacial score (nSPS) is 18.1. The fraction of sp³-hybridized carbons (Fsp3) is 0.444. The van der Waals surface area contributed by atoms with Crippen molar-refractivity contribution in [1.29, 1.82) is 0 Å². The SMILES string of the molecule is CCCCc1nc(C2CCC(CN)CC2)n(Cc2ccc(-c3ccccc3-c3nn[nH]n3)cc2)n1. The number of aromatic nitrogens is 7. The van der Waals surface area contributed by atoms with Gasteiger partial charge >= 0.3 is 0 Å². The van der Waals surface area contributed by atoms with Gasteiger partial charge in [-0.2, -0.15) is 10.3 Å². The van der Waals surface area contributed by atoms with Crippen molar-refractivity contribution in [1.82, 2.24) is 35.4 Å². The Balaban J connectivity index is 1.37. The molecule has 0 amide bonds. The van der Waals surface area contributed by atoms with Crippen LogP contribution in [0.15, 0.2) is 48.5 Å². The second-order valence-corrected chi connectivity index (χ2v) is 9.58. The molecule has 0 spiro atoms. The largest absolute Gasteiger partial charge is 0.330 e. The lowest BCUT2D eigenvalue weighted by molar-refractivity contribution is 0.319. The van der Waals surface area contributed by atoms with E-state index in [1.54, 1.807) is 0 Å². The Bertz CT molecular complexity index is 1200. The fourth-order valence-electron chi connectivity index (χ4n) is 5.09. The van der Waals surface area contributed by atoms with Crippen LogP contribution in [0.3, 0.4) is 0 Å². The van der Waals surface area contributed by atoms with Crippen LogP contribution in [0.2, 0.25) is 0 Å². The van der Waals surface area contributed by atoms with Crippen LogP contribution >= 0.6 is 0 Å². The molecule has 1 fully saturated rings. The van der Waals surface area contributed by atoms with Crippen molar-refractivity contribution < 1.29 is 0 Å². The molecule has 2 heterocycles. The van der Waals surface area contributed by atoms with Crippen molar-refractivity contribution in [2.45, 2.75) is 64.3 Å². The van der Waals surface area contributed by atoms with Crippen LogP contribution in [0, 0.1) is 5.92 Å². The fourth-order valence-corrected chi connectivity index (χ4v) is 5.09. The number of hydrogen-bond acceptors (Lipinski definition) is 6. The first kappa shape index (κ1) is 23.4. The lowest BCUT2D eigenvalue weighted by Gasteiger charge is -2.27. The zero-order chi connectivity index (χ0) is 24.0. The number of H-pyrrole nitrogens is 1. The highest BCUT2D eigenvalue weighted by Crippen LogP contribution is 2.35. The van der Waals surface area contributed by atoms with Crippen LogP contribution in [0.5, 0.6) is 0 Å². The number of unbranched alkanes of at least 4 members (excludes halogenated alkanes) is 1. The summed E-state index contributed by atoms with van der Waals surface area (Å²) in [5, 5.41) is 19.5. The number of benzene rings is 2. The first-order valence-corrected chi connectivity index (χ1v) is 12.8. The van der Waals surface area contributed by atoms with E-state index in [0.29, 0.717) is 17.7 Å². The molecule has 0 saturated heterocycles.